The van der Waals surface area contributed by atoms with E-state index in [0.29, 0.717) is 24.6 Å². The van der Waals surface area contributed by atoms with E-state index in [4.69, 9.17) is 9.47 Å². The van der Waals surface area contributed by atoms with Crippen molar-refractivity contribution in [3.8, 4) is 11.6 Å². The number of aromatic nitrogens is 2. The lowest BCUT2D eigenvalue weighted by Gasteiger charge is -2.23. The second-order valence-electron chi connectivity index (χ2n) is 6.75. The molecule has 2 aromatic carbocycles. The second-order valence-corrected chi connectivity index (χ2v) is 6.75. The van der Waals surface area contributed by atoms with Gasteiger partial charge in [-0.3, -0.25) is 0 Å². The zero-order valence-electron chi connectivity index (χ0n) is 17.4. The summed E-state index contributed by atoms with van der Waals surface area (Å²) in [6.45, 7) is 4.86. The van der Waals surface area contributed by atoms with Gasteiger partial charge in [-0.25, -0.2) is 4.98 Å². The van der Waals surface area contributed by atoms with E-state index in [1.165, 1.54) is 0 Å². The van der Waals surface area contributed by atoms with Crippen LogP contribution in [-0.4, -0.2) is 23.1 Å². The van der Waals surface area contributed by atoms with Gasteiger partial charge in [0.1, 0.15) is 17.9 Å². The number of rotatable bonds is 9. The van der Waals surface area contributed by atoms with Gasteiger partial charge in [-0.1, -0.05) is 43.3 Å². The molecule has 0 saturated carbocycles. The van der Waals surface area contributed by atoms with Gasteiger partial charge in [0.2, 0.25) is 11.8 Å². The quantitative estimate of drug-likeness (QED) is 0.415. The third-order valence-corrected chi connectivity index (χ3v) is 4.42. The Balaban J connectivity index is 1.92. The largest absolute Gasteiger partial charge is 0.494 e. The summed E-state index contributed by atoms with van der Waals surface area (Å²) < 4.78 is 51.6. The van der Waals surface area contributed by atoms with E-state index < -0.39 is 17.6 Å². The first-order valence-electron chi connectivity index (χ1n) is 10.0. The number of benzene rings is 2. The van der Waals surface area contributed by atoms with E-state index in [9.17, 15) is 13.2 Å². The highest BCUT2D eigenvalue weighted by molar-refractivity contribution is 5.59. The third kappa shape index (κ3) is 5.87. The molecule has 3 rings (SSSR count). The molecule has 0 amide bonds. The Morgan fingerprint density at radius 3 is 2.42 bits per heavy atom. The van der Waals surface area contributed by atoms with Crippen molar-refractivity contribution in [3.05, 3.63) is 71.9 Å². The van der Waals surface area contributed by atoms with Gasteiger partial charge in [0.15, 0.2) is 0 Å². The summed E-state index contributed by atoms with van der Waals surface area (Å²) in [5, 5.41) is 0. The number of nitrogens with zero attached hydrogens (tertiary/aromatic N) is 3. The van der Waals surface area contributed by atoms with Crippen molar-refractivity contribution in [3.63, 3.8) is 0 Å². The molecule has 0 N–H and O–H groups in total. The number of halogens is 3. The van der Waals surface area contributed by atoms with Crippen LogP contribution in [0.1, 0.15) is 31.4 Å². The molecule has 1 heterocycles. The number of ether oxygens (including phenoxy) is 2. The molecule has 0 aliphatic heterocycles. The molecule has 0 bridgehead atoms. The smallest absolute Gasteiger partial charge is 0.423 e. The molecule has 164 valence electrons. The Bertz CT molecular complexity index is 981. The van der Waals surface area contributed by atoms with Crippen molar-refractivity contribution in [1.29, 1.82) is 0 Å². The van der Waals surface area contributed by atoms with Crippen molar-refractivity contribution in [2.75, 3.05) is 18.1 Å². The molecule has 0 radical (unpaired) electrons. The minimum atomic E-state index is -4.63. The highest BCUT2D eigenvalue weighted by Gasteiger charge is 2.36. The van der Waals surface area contributed by atoms with Crippen molar-refractivity contribution in [2.45, 2.75) is 33.1 Å². The van der Waals surface area contributed by atoms with Crippen LogP contribution in [0.5, 0.6) is 11.6 Å². The molecule has 3 aromatic rings. The fourth-order valence-electron chi connectivity index (χ4n) is 2.92. The Morgan fingerprint density at radius 2 is 1.74 bits per heavy atom. The van der Waals surface area contributed by atoms with Crippen molar-refractivity contribution in [2.24, 2.45) is 0 Å². The topological polar surface area (TPSA) is 47.5 Å². The van der Waals surface area contributed by atoms with Gasteiger partial charge in [0.25, 0.3) is 0 Å². The molecule has 0 fully saturated rings. The van der Waals surface area contributed by atoms with Gasteiger partial charge in [-0.15, -0.1) is 0 Å². The Kier molecular flexibility index (Phi) is 7.33. The van der Waals surface area contributed by atoms with Crippen LogP contribution in [-0.2, 0) is 12.8 Å². The number of hydrogen-bond acceptors (Lipinski definition) is 5. The number of hydrogen-bond donors (Lipinski definition) is 0. The first kappa shape index (κ1) is 22.4. The predicted octanol–water partition coefficient (Wildman–Crippen LogP) is 6.02. The fourth-order valence-corrected chi connectivity index (χ4v) is 2.92. The van der Waals surface area contributed by atoms with Gasteiger partial charge in [0.05, 0.1) is 6.61 Å². The van der Waals surface area contributed by atoms with Gasteiger partial charge >= 0.3 is 6.18 Å². The van der Waals surface area contributed by atoms with Gasteiger partial charge in [0, 0.05) is 24.5 Å². The molecule has 0 aliphatic carbocycles. The monoisotopic (exact) mass is 431 g/mol. The highest BCUT2D eigenvalue weighted by Crippen LogP contribution is 2.36. The molecule has 31 heavy (non-hydrogen) atoms. The van der Waals surface area contributed by atoms with E-state index in [1.807, 2.05) is 44.2 Å². The molecule has 0 unspecified atom stereocenters. The first-order chi connectivity index (χ1) is 14.9. The Labute approximate surface area is 179 Å². The summed E-state index contributed by atoms with van der Waals surface area (Å²) >= 11 is 0. The highest BCUT2D eigenvalue weighted by atomic mass is 19.4. The van der Waals surface area contributed by atoms with Crippen LogP contribution in [0.4, 0.5) is 24.8 Å². The van der Waals surface area contributed by atoms with Crippen molar-refractivity contribution < 1.29 is 22.6 Å². The molecule has 0 aliphatic rings. The summed E-state index contributed by atoms with van der Waals surface area (Å²) in [6, 6.07) is 16.2. The minimum absolute atomic E-state index is 0.0349. The van der Waals surface area contributed by atoms with Crippen LogP contribution in [0.25, 0.3) is 0 Å². The van der Waals surface area contributed by atoms with E-state index in [2.05, 4.69) is 9.97 Å². The predicted molar refractivity (Wildman–Crippen MR) is 113 cm³/mol. The van der Waals surface area contributed by atoms with Crippen molar-refractivity contribution in [1.82, 2.24) is 9.97 Å². The molecular weight excluding hydrogens is 407 g/mol. The Hall–Kier alpha value is -3.29. The zero-order chi connectivity index (χ0) is 22.3. The lowest BCUT2D eigenvalue weighted by atomic mass is 10.2. The average Bonchev–Trinajstić information content (AvgIpc) is 2.77. The van der Waals surface area contributed by atoms with E-state index in [-0.39, 0.29) is 12.6 Å². The van der Waals surface area contributed by atoms with Gasteiger partial charge in [-0.2, -0.15) is 18.2 Å². The maximum atomic E-state index is 13.5. The van der Waals surface area contributed by atoms with Crippen LogP contribution < -0.4 is 14.4 Å². The lowest BCUT2D eigenvalue weighted by Crippen LogP contribution is -2.21. The van der Waals surface area contributed by atoms with E-state index >= 15 is 0 Å². The maximum Gasteiger partial charge on any atom is 0.423 e. The van der Waals surface area contributed by atoms with Gasteiger partial charge in [-0.05, 0) is 31.0 Å². The first-order valence-corrected chi connectivity index (χ1v) is 10.0. The van der Waals surface area contributed by atoms with Crippen molar-refractivity contribution >= 4 is 11.6 Å². The standard InChI is InChI=1S/C23H24F3N3O2/c1-3-13-30-19-12-8-11-18(14-19)29(4-2)22-27-15-20(23(24,25)26)21(28-22)31-16-17-9-6-5-7-10-17/h5-12,14-15H,3-4,13,16H2,1-2H3. The lowest BCUT2D eigenvalue weighted by molar-refractivity contribution is -0.139. The molecule has 0 saturated heterocycles. The summed E-state index contributed by atoms with van der Waals surface area (Å²) in [5.41, 5.74) is 0.442. The summed E-state index contributed by atoms with van der Waals surface area (Å²) in [4.78, 5) is 9.80. The zero-order valence-corrected chi connectivity index (χ0v) is 17.4. The van der Waals surface area contributed by atoms with E-state index in [0.717, 1.165) is 18.2 Å². The van der Waals surface area contributed by atoms with Crippen LogP contribution in [0.3, 0.4) is 0 Å². The second kappa shape index (κ2) is 10.1. The number of anilines is 2. The maximum absolute atomic E-state index is 13.5. The fraction of sp³-hybridized carbons (Fsp3) is 0.304. The molecule has 8 heteroatoms. The molecule has 1 aromatic heterocycles. The normalized spacial score (nSPS) is 11.3. The van der Waals surface area contributed by atoms with Crippen LogP contribution in [0, 0.1) is 0 Å². The van der Waals surface area contributed by atoms with E-state index in [1.54, 1.807) is 29.2 Å². The minimum Gasteiger partial charge on any atom is -0.494 e. The molecule has 5 nitrogen and oxygen atoms in total. The third-order valence-electron chi connectivity index (χ3n) is 4.42. The van der Waals surface area contributed by atoms with Crippen LogP contribution in [0.2, 0.25) is 0 Å². The van der Waals surface area contributed by atoms with Crippen LogP contribution in [0.15, 0.2) is 60.8 Å². The molecule has 0 spiro atoms. The SMILES string of the molecule is CCCOc1cccc(N(CC)c2ncc(C(F)(F)F)c(OCc3ccccc3)n2)c1. The summed E-state index contributed by atoms with van der Waals surface area (Å²) in [5.74, 6) is 0.287. The Morgan fingerprint density at radius 1 is 0.968 bits per heavy atom. The average molecular weight is 431 g/mol. The summed E-state index contributed by atoms with van der Waals surface area (Å²) in [7, 11) is 0. The van der Waals surface area contributed by atoms with Gasteiger partial charge < -0.3 is 14.4 Å². The molecule has 0 atom stereocenters. The van der Waals surface area contributed by atoms with Crippen LogP contribution >= 0.6 is 0 Å². The number of alkyl halides is 3. The molecular formula is C23H24F3N3O2. The summed E-state index contributed by atoms with van der Waals surface area (Å²) in [6.07, 6.45) is -3.00.